The van der Waals surface area contributed by atoms with E-state index in [1.165, 1.54) is 0 Å². The Labute approximate surface area is 194 Å². The van der Waals surface area contributed by atoms with E-state index in [2.05, 4.69) is 48.2 Å². The van der Waals surface area contributed by atoms with Gasteiger partial charge in [-0.3, -0.25) is 14.7 Å². The largest absolute Gasteiger partial charge is 0.357 e. The number of amides is 1. The Morgan fingerprint density at radius 3 is 2.24 bits per heavy atom. The van der Waals surface area contributed by atoms with Gasteiger partial charge >= 0.3 is 0 Å². The summed E-state index contributed by atoms with van der Waals surface area (Å²) >= 11 is 0. The topological polar surface area (TPSA) is 60.0 Å². The van der Waals surface area contributed by atoms with Gasteiger partial charge in [0.15, 0.2) is 5.96 Å². The molecule has 166 valence electrons. The highest BCUT2D eigenvalue weighted by Crippen LogP contribution is 2.05. The third kappa shape index (κ3) is 11.4. The molecule has 6 nitrogen and oxygen atoms in total. The first-order valence-electron chi connectivity index (χ1n) is 10.4. The molecule has 1 rings (SSSR count). The molecule has 7 heteroatoms. The molecule has 0 fully saturated rings. The number of carbonyl (C=O) groups is 1. The first kappa shape index (κ1) is 27.6. The van der Waals surface area contributed by atoms with Crippen molar-refractivity contribution in [3.63, 3.8) is 0 Å². The van der Waals surface area contributed by atoms with Crippen molar-refractivity contribution in [2.24, 2.45) is 4.99 Å². The van der Waals surface area contributed by atoms with Crippen LogP contribution in [0.2, 0.25) is 0 Å². The lowest BCUT2D eigenvalue weighted by atomic mass is 10.2. The second-order valence-electron chi connectivity index (χ2n) is 7.60. The van der Waals surface area contributed by atoms with E-state index < -0.39 is 0 Å². The number of benzene rings is 1. The molecule has 0 aliphatic carbocycles. The van der Waals surface area contributed by atoms with Crippen LogP contribution in [-0.2, 0) is 11.3 Å². The molecule has 0 saturated carbocycles. The number of rotatable bonds is 11. The molecule has 1 aromatic carbocycles. The normalized spacial score (nSPS) is 11.6. The minimum atomic E-state index is 0. The second-order valence-corrected chi connectivity index (χ2v) is 7.60. The van der Waals surface area contributed by atoms with E-state index in [0.717, 1.165) is 31.2 Å². The summed E-state index contributed by atoms with van der Waals surface area (Å²) in [5, 5.41) is 6.53. The van der Waals surface area contributed by atoms with Crippen molar-refractivity contribution < 1.29 is 4.79 Å². The fourth-order valence-electron chi connectivity index (χ4n) is 3.16. The van der Waals surface area contributed by atoms with Crippen molar-refractivity contribution in [1.82, 2.24) is 20.4 Å². The number of nitrogens with zero attached hydrogens (tertiary/aromatic N) is 3. The van der Waals surface area contributed by atoms with Gasteiger partial charge in [0.1, 0.15) is 0 Å². The van der Waals surface area contributed by atoms with Gasteiger partial charge in [-0.15, -0.1) is 24.0 Å². The molecule has 0 heterocycles. The van der Waals surface area contributed by atoms with E-state index in [0.29, 0.717) is 31.6 Å². The quantitative estimate of drug-likeness (QED) is 0.269. The summed E-state index contributed by atoms with van der Waals surface area (Å²) in [4.78, 5) is 21.2. The van der Waals surface area contributed by atoms with Crippen LogP contribution in [0.3, 0.4) is 0 Å². The summed E-state index contributed by atoms with van der Waals surface area (Å²) < 4.78 is 0. The number of hydrogen-bond acceptors (Lipinski definition) is 3. The summed E-state index contributed by atoms with van der Waals surface area (Å²) in [5.74, 6) is 0.895. The Morgan fingerprint density at radius 2 is 1.69 bits per heavy atom. The van der Waals surface area contributed by atoms with Gasteiger partial charge in [0, 0.05) is 51.7 Å². The Hall–Kier alpha value is -1.35. The summed E-state index contributed by atoms with van der Waals surface area (Å²) in [6.07, 6.45) is 0.442. The Kier molecular flexibility index (Phi) is 14.8. The predicted octanol–water partition coefficient (Wildman–Crippen LogP) is 3.33. The molecule has 1 amide bonds. The number of hydrogen-bond donors (Lipinski definition) is 2. The summed E-state index contributed by atoms with van der Waals surface area (Å²) in [7, 11) is 1.85. The highest BCUT2D eigenvalue weighted by atomic mass is 127. The maximum absolute atomic E-state index is 12.4. The molecule has 0 saturated heterocycles. The average Bonchev–Trinajstić information content (AvgIpc) is 2.65. The van der Waals surface area contributed by atoms with Crippen molar-refractivity contribution in [3.8, 4) is 0 Å². The molecular weight excluding hydrogens is 477 g/mol. The van der Waals surface area contributed by atoms with E-state index in [1.807, 2.05) is 44.3 Å². The average molecular weight is 518 g/mol. The van der Waals surface area contributed by atoms with Crippen LogP contribution in [0, 0.1) is 0 Å². The molecule has 0 unspecified atom stereocenters. The number of carbonyl (C=O) groups excluding carboxylic acids is 1. The van der Waals surface area contributed by atoms with Crippen LogP contribution >= 0.6 is 24.0 Å². The molecule has 0 aromatic heterocycles. The zero-order chi connectivity index (χ0) is 20.9. The molecule has 0 atom stereocenters. The van der Waals surface area contributed by atoms with Gasteiger partial charge in [0.2, 0.25) is 5.91 Å². The zero-order valence-corrected chi connectivity index (χ0v) is 21.3. The Bertz CT molecular complexity index is 584. The summed E-state index contributed by atoms with van der Waals surface area (Å²) in [6, 6.07) is 11.1. The molecule has 0 spiro atoms. The van der Waals surface area contributed by atoms with Crippen LogP contribution in [0.15, 0.2) is 35.3 Å². The van der Waals surface area contributed by atoms with Crippen LogP contribution in [0.5, 0.6) is 0 Å². The molecule has 0 radical (unpaired) electrons. The number of nitrogens with one attached hydrogen (secondary N) is 2. The van der Waals surface area contributed by atoms with Crippen LogP contribution in [-0.4, -0.2) is 67.0 Å². The minimum Gasteiger partial charge on any atom is -0.357 e. The Morgan fingerprint density at radius 1 is 1.07 bits per heavy atom. The lowest BCUT2D eigenvalue weighted by Crippen LogP contribution is -2.41. The third-order valence-corrected chi connectivity index (χ3v) is 4.62. The van der Waals surface area contributed by atoms with Crippen molar-refractivity contribution in [2.75, 3.05) is 33.2 Å². The SMILES string of the molecule is CCNC(=NCCN(C(C)C)C(C)C)NCCC(=O)N(C)Cc1ccccc1.I. The molecule has 2 N–H and O–H groups in total. The monoisotopic (exact) mass is 517 g/mol. The van der Waals surface area contributed by atoms with Crippen molar-refractivity contribution in [1.29, 1.82) is 0 Å². The highest BCUT2D eigenvalue weighted by Gasteiger charge is 2.13. The minimum absolute atomic E-state index is 0. The molecule has 29 heavy (non-hydrogen) atoms. The lowest BCUT2D eigenvalue weighted by Gasteiger charge is -2.29. The fraction of sp³-hybridized carbons (Fsp3) is 0.636. The Balaban J connectivity index is 0.00000784. The van der Waals surface area contributed by atoms with Crippen LogP contribution < -0.4 is 10.6 Å². The van der Waals surface area contributed by atoms with Crippen LogP contribution in [0.4, 0.5) is 0 Å². The summed E-state index contributed by atoms with van der Waals surface area (Å²) in [5.41, 5.74) is 1.14. The maximum Gasteiger partial charge on any atom is 0.224 e. The van der Waals surface area contributed by atoms with Crippen LogP contribution in [0.1, 0.15) is 46.6 Å². The molecule has 0 aliphatic rings. The lowest BCUT2D eigenvalue weighted by molar-refractivity contribution is -0.130. The van der Waals surface area contributed by atoms with Gasteiger partial charge in [-0.05, 0) is 40.2 Å². The van der Waals surface area contributed by atoms with E-state index in [-0.39, 0.29) is 29.9 Å². The number of halogens is 1. The van der Waals surface area contributed by atoms with Gasteiger partial charge in [-0.1, -0.05) is 30.3 Å². The van der Waals surface area contributed by atoms with Gasteiger partial charge in [0.25, 0.3) is 0 Å². The fourth-order valence-corrected chi connectivity index (χ4v) is 3.16. The van der Waals surface area contributed by atoms with Crippen LogP contribution in [0.25, 0.3) is 0 Å². The summed E-state index contributed by atoms with van der Waals surface area (Å²) in [6.45, 7) is 14.6. The number of guanidine groups is 1. The molecule has 1 aromatic rings. The van der Waals surface area contributed by atoms with E-state index in [1.54, 1.807) is 4.90 Å². The zero-order valence-electron chi connectivity index (χ0n) is 18.9. The van der Waals surface area contributed by atoms with Crippen molar-refractivity contribution in [3.05, 3.63) is 35.9 Å². The maximum atomic E-state index is 12.4. The second kappa shape index (κ2) is 15.5. The first-order chi connectivity index (χ1) is 13.3. The first-order valence-corrected chi connectivity index (χ1v) is 10.4. The molecule has 0 aliphatic heterocycles. The third-order valence-electron chi connectivity index (χ3n) is 4.62. The predicted molar refractivity (Wildman–Crippen MR) is 134 cm³/mol. The van der Waals surface area contributed by atoms with Crippen molar-refractivity contribution in [2.45, 2.75) is 59.7 Å². The van der Waals surface area contributed by atoms with Gasteiger partial charge in [0.05, 0.1) is 6.54 Å². The van der Waals surface area contributed by atoms with Gasteiger partial charge in [-0.2, -0.15) is 0 Å². The van der Waals surface area contributed by atoms with E-state index in [9.17, 15) is 4.79 Å². The molecular formula is C22H40IN5O. The van der Waals surface area contributed by atoms with Gasteiger partial charge in [-0.25, -0.2) is 0 Å². The standard InChI is InChI=1S/C22H39N5O.HI/c1-7-23-22(25-15-16-27(18(2)3)19(4)5)24-14-13-21(28)26(6)17-20-11-9-8-10-12-20;/h8-12,18-19H,7,13-17H2,1-6H3,(H2,23,24,25);1H. The van der Waals surface area contributed by atoms with E-state index >= 15 is 0 Å². The van der Waals surface area contributed by atoms with Crippen molar-refractivity contribution >= 4 is 35.8 Å². The van der Waals surface area contributed by atoms with E-state index in [4.69, 9.17) is 0 Å². The smallest absolute Gasteiger partial charge is 0.224 e. The number of aliphatic imine (C=N–C) groups is 1. The van der Waals surface area contributed by atoms with Gasteiger partial charge < -0.3 is 15.5 Å². The molecule has 0 bridgehead atoms. The highest BCUT2D eigenvalue weighted by molar-refractivity contribution is 14.0.